The van der Waals surface area contributed by atoms with Gasteiger partial charge in [-0.3, -0.25) is 4.79 Å². The molecule has 2 aromatic carbocycles. The number of benzene rings is 2. The Hall–Kier alpha value is -2.59. The van der Waals surface area contributed by atoms with Crippen LogP contribution >= 0.6 is 11.6 Å². The molecule has 1 aromatic heterocycles. The number of rotatable bonds is 3. The zero-order valence-corrected chi connectivity index (χ0v) is 15.1. The molecule has 4 nitrogen and oxygen atoms in total. The van der Waals surface area contributed by atoms with Crippen LogP contribution in [0.5, 0.6) is 0 Å². The first-order valence-electron chi connectivity index (χ1n) is 8.01. The Bertz CT molecular complexity index is 1040. The molecular formula is C20H18ClNO3. The third-order valence-corrected chi connectivity index (χ3v) is 4.49. The monoisotopic (exact) mass is 355 g/mol. The van der Waals surface area contributed by atoms with Crippen LogP contribution < -0.4 is 5.56 Å². The van der Waals surface area contributed by atoms with Crippen molar-refractivity contribution in [3.05, 3.63) is 69.0 Å². The number of aromatic nitrogens is 1. The van der Waals surface area contributed by atoms with E-state index in [4.69, 9.17) is 16.3 Å². The van der Waals surface area contributed by atoms with Gasteiger partial charge in [0.2, 0.25) is 0 Å². The molecule has 0 aliphatic heterocycles. The number of esters is 1. The van der Waals surface area contributed by atoms with Crippen molar-refractivity contribution in [2.24, 2.45) is 7.05 Å². The van der Waals surface area contributed by atoms with Gasteiger partial charge in [0.25, 0.3) is 5.56 Å². The normalized spacial score (nSPS) is 10.9. The first kappa shape index (κ1) is 17.2. The van der Waals surface area contributed by atoms with Crippen molar-refractivity contribution in [3.63, 3.8) is 0 Å². The Morgan fingerprint density at radius 3 is 2.60 bits per heavy atom. The van der Waals surface area contributed by atoms with E-state index in [-0.39, 0.29) is 17.7 Å². The lowest BCUT2D eigenvalue weighted by atomic mass is 9.93. The van der Waals surface area contributed by atoms with Crippen molar-refractivity contribution in [2.45, 2.75) is 13.8 Å². The molecule has 0 fully saturated rings. The molecule has 0 unspecified atom stereocenters. The summed E-state index contributed by atoms with van der Waals surface area (Å²) >= 11 is 6.20. The maximum absolute atomic E-state index is 12.9. The number of nitrogens with zero attached hydrogens (tertiary/aromatic N) is 1. The van der Waals surface area contributed by atoms with Crippen molar-refractivity contribution in [2.75, 3.05) is 6.61 Å². The number of carbonyl (C=O) groups is 1. The van der Waals surface area contributed by atoms with Crippen LogP contribution in [0.4, 0.5) is 0 Å². The zero-order chi connectivity index (χ0) is 18.1. The zero-order valence-electron chi connectivity index (χ0n) is 14.3. The van der Waals surface area contributed by atoms with E-state index in [9.17, 15) is 9.59 Å². The maximum atomic E-state index is 12.9. The highest BCUT2D eigenvalue weighted by Gasteiger charge is 2.24. The van der Waals surface area contributed by atoms with E-state index in [0.717, 1.165) is 16.5 Å². The van der Waals surface area contributed by atoms with Crippen LogP contribution in [0, 0.1) is 6.92 Å². The van der Waals surface area contributed by atoms with Gasteiger partial charge in [-0.2, -0.15) is 0 Å². The molecule has 0 bridgehead atoms. The Kier molecular flexibility index (Phi) is 4.64. The number of aryl methyl sites for hydroxylation is 2. The van der Waals surface area contributed by atoms with Gasteiger partial charge in [0, 0.05) is 23.0 Å². The number of hydrogen-bond donors (Lipinski definition) is 0. The number of ether oxygens (including phenoxy) is 1. The fourth-order valence-electron chi connectivity index (χ4n) is 3.05. The molecule has 0 aliphatic carbocycles. The largest absolute Gasteiger partial charge is 0.462 e. The van der Waals surface area contributed by atoms with Gasteiger partial charge in [-0.25, -0.2) is 4.79 Å². The average molecular weight is 356 g/mol. The summed E-state index contributed by atoms with van der Waals surface area (Å²) in [5, 5.41) is 1.28. The summed E-state index contributed by atoms with van der Waals surface area (Å²) in [6.07, 6.45) is 0. The van der Waals surface area contributed by atoms with Crippen LogP contribution in [0.25, 0.3) is 22.0 Å². The van der Waals surface area contributed by atoms with Crippen LogP contribution in [-0.4, -0.2) is 17.1 Å². The van der Waals surface area contributed by atoms with Crippen LogP contribution in [0.2, 0.25) is 5.02 Å². The number of hydrogen-bond acceptors (Lipinski definition) is 3. The second kappa shape index (κ2) is 6.73. The lowest BCUT2D eigenvalue weighted by molar-refractivity contribution is 0.0525. The molecule has 3 aromatic rings. The molecule has 25 heavy (non-hydrogen) atoms. The highest BCUT2D eigenvalue weighted by Crippen LogP contribution is 2.34. The van der Waals surface area contributed by atoms with Gasteiger partial charge < -0.3 is 9.30 Å². The van der Waals surface area contributed by atoms with Gasteiger partial charge in [0.15, 0.2) is 0 Å². The van der Waals surface area contributed by atoms with Gasteiger partial charge in [0.1, 0.15) is 5.56 Å². The third-order valence-electron chi connectivity index (χ3n) is 4.25. The molecule has 0 saturated heterocycles. The molecule has 128 valence electrons. The van der Waals surface area contributed by atoms with E-state index in [1.807, 2.05) is 31.2 Å². The smallest absolute Gasteiger partial charge is 0.344 e. The summed E-state index contributed by atoms with van der Waals surface area (Å²) in [4.78, 5) is 25.5. The second-order valence-electron chi connectivity index (χ2n) is 5.81. The van der Waals surface area contributed by atoms with E-state index >= 15 is 0 Å². The number of pyridine rings is 1. The highest BCUT2D eigenvalue weighted by molar-refractivity contribution is 6.31. The van der Waals surface area contributed by atoms with Gasteiger partial charge >= 0.3 is 5.97 Å². The summed E-state index contributed by atoms with van der Waals surface area (Å²) in [6.45, 7) is 3.86. The molecule has 0 radical (unpaired) electrons. The lowest BCUT2D eigenvalue weighted by Crippen LogP contribution is -2.27. The second-order valence-corrected chi connectivity index (χ2v) is 6.25. The molecule has 0 amide bonds. The third kappa shape index (κ3) is 2.94. The van der Waals surface area contributed by atoms with E-state index in [1.165, 1.54) is 4.57 Å². The van der Waals surface area contributed by atoms with Gasteiger partial charge in [-0.1, -0.05) is 35.9 Å². The fourth-order valence-corrected chi connectivity index (χ4v) is 3.22. The SMILES string of the molecule is CCOC(=O)c1c(-c2ccccc2C)c2cc(Cl)ccc2n(C)c1=O. The molecule has 3 rings (SSSR count). The summed E-state index contributed by atoms with van der Waals surface area (Å²) in [7, 11) is 1.64. The molecule has 0 N–H and O–H groups in total. The standard InChI is InChI=1S/C20H18ClNO3/c1-4-25-20(24)18-17(14-8-6-5-7-12(14)2)15-11-13(21)9-10-16(15)22(3)19(18)23/h5-11H,4H2,1-3H3. The summed E-state index contributed by atoms with van der Waals surface area (Å²) in [5.74, 6) is -0.622. The first-order chi connectivity index (χ1) is 12.0. The molecule has 0 saturated carbocycles. The number of carbonyl (C=O) groups excluding carboxylic acids is 1. The summed E-state index contributed by atoms with van der Waals surface area (Å²) in [5.41, 5.74) is 2.70. The number of halogens is 1. The Balaban J connectivity index is 2.54. The van der Waals surface area contributed by atoms with Crippen molar-refractivity contribution in [1.82, 2.24) is 4.57 Å². The highest BCUT2D eigenvalue weighted by atomic mass is 35.5. The van der Waals surface area contributed by atoms with Crippen LogP contribution in [0.3, 0.4) is 0 Å². The van der Waals surface area contributed by atoms with Crippen molar-refractivity contribution in [1.29, 1.82) is 0 Å². The van der Waals surface area contributed by atoms with Crippen LogP contribution in [-0.2, 0) is 11.8 Å². The number of fused-ring (bicyclic) bond motifs is 1. The maximum Gasteiger partial charge on any atom is 0.344 e. The fraction of sp³-hybridized carbons (Fsp3) is 0.200. The molecule has 0 spiro atoms. The van der Waals surface area contributed by atoms with Crippen molar-refractivity contribution >= 4 is 28.5 Å². The topological polar surface area (TPSA) is 48.3 Å². The summed E-state index contributed by atoms with van der Waals surface area (Å²) in [6, 6.07) is 12.9. The van der Waals surface area contributed by atoms with Gasteiger partial charge in [-0.05, 0) is 43.2 Å². The van der Waals surface area contributed by atoms with Crippen LogP contribution in [0.1, 0.15) is 22.8 Å². The predicted molar refractivity (Wildman–Crippen MR) is 100 cm³/mol. The van der Waals surface area contributed by atoms with Crippen molar-refractivity contribution in [3.8, 4) is 11.1 Å². The van der Waals surface area contributed by atoms with E-state index in [2.05, 4.69) is 0 Å². The van der Waals surface area contributed by atoms with Crippen LogP contribution in [0.15, 0.2) is 47.3 Å². The van der Waals surface area contributed by atoms with E-state index in [0.29, 0.717) is 16.1 Å². The van der Waals surface area contributed by atoms with E-state index < -0.39 is 5.97 Å². The minimum atomic E-state index is -0.622. The van der Waals surface area contributed by atoms with Gasteiger partial charge in [0.05, 0.1) is 12.1 Å². The molecule has 5 heteroatoms. The lowest BCUT2D eigenvalue weighted by Gasteiger charge is -2.17. The first-order valence-corrected chi connectivity index (χ1v) is 8.38. The Morgan fingerprint density at radius 2 is 1.92 bits per heavy atom. The predicted octanol–water partition coefficient (Wildman–Crippen LogP) is 4.34. The average Bonchev–Trinajstić information content (AvgIpc) is 2.58. The van der Waals surface area contributed by atoms with E-state index in [1.54, 1.807) is 32.2 Å². The molecule has 1 heterocycles. The minimum absolute atomic E-state index is 0.0356. The molecule has 0 atom stereocenters. The summed E-state index contributed by atoms with van der Waals surface area (Å²) < 4.78 is 6.62. The molecule has 0 aliphatic rings. The van der Waals surface area contributed by atoms with Crippen molar-refractivity contribution < 1.29 is 9.53 Å². The van der Waals surface area contributed by atoms with Gasteiger partial charge in [-0.15, -0.1) is 0 Å². The quantitative estimate of drug-likeness (QED) is 0.656. The minimum Gasteiger partial charge on any atom is -0.462 e. The Morgan fingerprint density at radius 1 is 1.20 bits per heavy atom. The molecular weight excluding hydrogens is 338 g/mol. The Labute approximate surface area is 150 Å².